The molecule has 7 nitrogen and oxygen atoms in total. The summed E-state index contributed by atoms with van der Waals surface area (Å²) >= 11 is 0. The number of nitrogens with zero attached hydrogens (tertiary/aromatic N) is 4. The molecular formula is C15H25N5O2S. The molecule has 128 valence electrons. The second-order valence-electron chi connectivity index (χ2n) is 6.54. The molecule has 0 aliphatic carbocycles. The van der Waals surface area contributed by atoms with Gasteiger partial charge >= 0.3 is 0 Å². The van der Waals surface area contributed by atoms with Gasteiger partial charge in [-0.15, -0.1) is 0 Å². The summed E-state index contributed by atoms with van der Waals surface area (Å²) in [7, 11) is -3.36. The van der Waals surface area contributed by atoms with Crippen LogP contribution in [0.1, 0.15) is 32.6 Å². The maximum Gasteiger partial charge on any atom is 0.279 e. The highest BCUT2D eigenvalue weighted by molar-refractivity contribution is 7.87. The molecule has 1 N–H and O–H groups in total. The van der Waals surface area contributed by atoms with E-state index in [9.17, 15) is 8.42 Å². The lowest BCUT2D eigenvalue weighted by molar-refractivity contribution is 0.275. The standard InChI is InChI=1S/C15H25N5O2S/c1-13-4-2-9-20(12-13)23(21,22)18-14-5-10-19(11-6-14)15-16-7-3-8-17-15/h3,7-8,13-14,18H,2,4-6,9-12H2,1H3/t13-/m1/s1. The first-order chi connectivity index (χ1) is 11.0. The van der Waals surface area contributed by atoms with E-state index in [1.807, 2.05) is 0 Å². The Kier molecular flexibility index (Phi) is 5.13. The summed E-state index contributed by atoms with van der Waals surface area (Å²) in [5.74, 6) is 1.16. The van der Waals surface area contributed by atoms with Crippen LogP contribution in [0.3, 0.4) is 0 Å². The lowest BCUT2D eigenvalue weighted by atomic mass is 10.0. The van der Waals surface area contributed by atoms with Gasteiger partial charge in [0.25, 0.3) is 10.2 Å². The van der Waals surface area contributed by atoms with Crippen molar-refractivity contribution in [2.24, 2.45) is 5.92 Å². The summed E-state index contributed by atoms with van der Waals surface area (Å²) in [6, 6.07) is 1.79. The molecule has 3 rings (SSSR count). The topological polar surface area (TPSA) is 78.4 Å². The Bertz CT molecular complexity index is 602. The molecule has 0 unspecified atom stereocenters. The maximum absolute atomic E-state index is 12.5. The SMILES string of the molecule is C[C@@H]1CCCN(S(=O)(=O)NC2CCN(c3ncccn3)CC2)C1. The van der Waals surface area contributed by atoms with Gasteiger partial charge < -0.3 is 4.90 Å². The van der Waals surface area contributed by atoms with E-state index in [-0.39, 0.29) is 6.04 Å². The third-order valence-electron chi connectivity index (χ3n) is 4.61. The van der Waals surface area contributed by atoms with Crippen molar-refractivity contribution in [1.29, 1.82) is 0 Å². The second-order valence-corrected chi connectivity index (χ2v) is 8.24. The molecule has 1 aromatic rings. The molecule has 2 fully saturated rings. The molecule has 2 aliphatic heterocycles. The average Bonchev–Trinajstić information content (AvgIpc) is 2.56. The molecule has 0 radical (unpaired) electrons. The van der Waals surface area contributed by atoms with E-state index >= 15 is 0 Å². The Morgan fingerprint density at radius 2 is 1.83 bits per heavy atom. The minimum atomic E-state index is -3.36. The third-order valence-corrected chi connectivity index (χ3v) is 6.25. The van der Waals surface area contributed by atoms with Crippen molar-refractivity contribution in [3.63, 3.8) is 0 Å². The maximum atomic E-state index is 12.5. The van der Waals surface area contributed by atoms with E-state index < -0.39 is 10.2 Å². The van der Waals surface area contributed by atoms with Crippen LogP contribution in [0.5, 0.6) is 0 Å². The average molecular weight is 339 g/mol. The Hall–Kier alpha value is -1.25. The van der Waals surface area contributed by atoms with E-state index in [2.05, 4.69) is 26.5 Å². The van der Waals surface area contributed by atoms with Gasteiger partial charge in [0.15, 0.2) is 0 Å². The van der Waals surface area contributed by atoms with Crippen molar-refractivity contribution in [1.82, 2.24) is 19.0 Å². The van der Waals surface area contributed by atoms with Crippen molar-refractivity contribution in [2.75, 3.05) is 31.1 Å². The van der Waals surface area contributed by atoms with Gasteiger partial charge in [-0.05, 0) is 37.7 Å². The lowest BCUT2D eigenvalue weighted by Crippen LogP contribution is -2.51. The zero-order valence-corrected chi connectivity index (χ0v) is 14.4. The number of hydrogen-bond donors (Lipinski definition) is 1. The summed E-state index contributed by atoms with van der Waals surface area (Å²) in [6.45, 7) is 4.92. The molecule has 1 aromatic heterocycles. The Morgan fingerprint density at radius 1 is 1.13 bits per heavy atom. The Balaban J connectivity index is 1.54. The molecule has 0 bridgehead atoms. The minimum absolute atomic E-state index is 0.00260. The summed E-state index contributed by atoms with van der Waals surface area (Å²) in [4.78, 5) is 10.6. The largest absolute Gasteiger partial charge is 0.341 e. The fourth-order valence-corrected chi connectivity index (χ4v) is 4.93. The van der Waals surface area contributed by atoms with Crippen molar-refractivity contribution >= 4 is 16.2 Å². The van der Waals surface area contributed by atoms with E-state index in [0.29, 0.717) is 19.0 Å². The quantitative estimate of drug-likeness (QED) is 0.886. The summed E-state index contributed by atoms with van der Waals surface area (Å²) < 4.78 is 29.5. The highest BCUT2D eigenvalue weighted by atomic mass is 32.2. The molecule has 3 heterocycles. The van der Waals surface area contributed by atoms with Crippen LogP contribution < -0.4 is 9.62 Å². The van der Waals surface area contributed by atoms with Crippen LogP contribution in [-0.2, 0) is 10.2 Å². The molecule has 2 saturated heterocycles. The van der Waals surface area contributed by atoms with Crippen LogP contribution in [0.4, 0.5) is 5.95 Å². The second kappa shape index (κ2) is 7.11. The third kappa shape index (κ3) is 4.19. The summed E-state index contributed by atoms with van der Waals surface area (Å²) in [5.41, 5.74) is 0. The highest BCUT2D eigenvalue weighted by Crippen LogP contribution is 2.20. The number of piperidine rings is 2. The fourth-order valence-electron chi connectivity index (χ4n) is 3.30. The summed E-state index contributed by atoms with van der Waals surface area (Å²) in [5, 5.41) is 0. The van der Waals surface area contributed by atoms with Crippen LogP contribution in [0.15, 0.2) is 18.5 Å². The molecule has 8 heteroatoms. The number of nitrogens with one attached hydrogen (secondary N) is 1. The smallest absolute Gasteiger partial charge is 0.279 e. The van der Waals surface area contributed by atoms with Crippen LogP contribution in [0.2, 0.25) is 0 Å². The van der Waals surface area contributed by atoms with Gasteiger partial charge in [-0.2, -0.15) is 17.4 Å². The number of anilines is 1. The van der Waals surface area contributed by atoms with E-state index in [1.165, 1.54) is 0 Å². The van der Waals surface area contributed by atoms with Gasteiger partial charge in [-0.1, -0.05) is 6.92 Å². The van der Waals surface area contributed by atoms with Crippen molar-refractivity contribution in [3.8, 4) is 0 Å². The first kappa shape index (κ1) is 16.6. The van der Waals surface area contributed by atoms with Crippen LogP contribution >= 0.6 is 0 Å². The van der Waals surface area contributed by atoms with Crippen LogP contribution in [-0.4, -0.2) is 54.9 Å². The van der Waals surface area contributed by atoms with Gasteiger partial charge in [-0.3, -0.25) is 0 Å². The number of rotatable bonds is 4. The number of aromatic nitrogens is 2. The zero-order chi connectivity index (χ0) is 16.3. The van der Waals surface area contributed by atoms with Crippen LogP contribution in [0.25, 0.3) is 0 Å². The number of hydrogen-bond acceptors (Lipinski definition) is 5. The Morgan fingerprint density at radius 3 is 2.48 bits per heavy atom. The molecular weight excluding hydrogens is 314 g/mol. The molecule has 0 saturated carbocycles. The van der Waals surface area contributed by atoms with Gasteiger partial charge in [0.05, 0.1) is 0 Å². The summed E-state index contributed by atoms with van der Waals surface area (Å²) in [6.07, 6.45) is 7.08. The fraction of sp³-hybridized carbons (Fsp3) is 0.733. The first-order valence-electron chi connectivity index (χ1n) is 8.34. The van der Waals surface area contributed by atoms with Crippen LogP contribution in [0, 0.1) is 5.92 Å². The molecule has 1 atom stereocenters. The van der Waals surface area contributed by atoms with Crippen molar-refractivity contribution in [2.45, 2.75) is 38.6 Å². The van der Waals surface area contributed by atoms with E-state index in [4.69, 9.17) is 0 Å². The van der Waals surface area contributed by atoms with E-state index in [0.717, 1.165) is 44.7 Å². The first-order valence-corrected chi connectivity index (χ1v) is 9.78. The van der Waals surface area contributed by atoms with Crippen molar-refractivity contribution in [3.05, 3.63) is 18.5 Å². The predicted octanol–water partition coefficient (Wildman–Crippen LogP) is 1.01. The molecule has 0 amide bonds. The molecule has 0 spiro atoms. The lowest BCUT2D eigenvalue weighted by Gasteiger charge is -2.35. The normalized spacial score (nSPS) is 24.7. The van der Waals surface area contributed by atoms with Gasteiger partial charge in [-0.25, -0.2) is 9.97 Å². The Labute approximate surface area is 138 Å². The molecule has 2 aliphatic rings. The van der Waals surface area contributed by atoms with Gasteiger partial charge in [0.1, 0.15) is 0 Å². The highest BCUT2D eigenvalue weighted by Gasteiger charge is 2.30. The predicted molar refractivity (Wildman–Crippen MR) is 89.3 cm³/mol. The van der Waals surface area contributed by atoms with Gasteiger partial charge in [0, 0.05) is 44.6 Å². The zero-order valence-electron chi connectivity index (χ0n) is 13.6. The molecule has 23 heavy (non-hydrogen) atoms. The van der Waals surface area contributed by atoms with Crippen molar-refractivity contribution < 1.29 is 8.42 Å². The monoisotopic (exact) mass is 339 g/mol. The van der Waals surface area contributed by atoms with E-state index in [1.54, 1.807) is 22.8 Å². The minimum Gasteiger partial charge on any atom is -0.341 e. The molecule has 0 aromatic carbocycles. The van der Waals surface area contributed by atoms with Gasteiger partial charge in [0.2, 0.25) is 5.95 Å².